The van der Waals surface area contributed by atoms with Crippen LogP contribution in [0.2, 0.25) is 10.0 Å². The molecule has 1 atom stereocenters. The molecule has 0 fully saturated rings. The first-order valence-corrected chi connectivity index (χ1v) is 10.5. The minimum absolute atomic E-state index is 0.146. The van der Waals surface area contributed by atoms with Gasteiger partial charge in [-0.1, -0.05) is 41.0 Å². The predicted octanol–water partition coefficient (Wildman–Crippen LogP) is 5.86. The normalized spacial score (nSPS) is 11.9. The maximum Gasteiger partial charge on any atom is 0.277 e. The van der Waals surface area contributed by atoms with E-state index in [9.17, 15) is 4.79 Å². The fourth-order valence-electron chi connectivity index (χ4n) is 2.63. The molecular weight excluding hydrogens is 433 g/mol. The lowest BCUT2D eigenvalue weighted by Gasteiger charge is -2.12. The van der Waals surface area contributed by atoms with Crippen molar-refractivity contribution in [2.75, 3.05) is 11.1 Å². The number of nitrogens with zero attached hydrogens (tertiary/aromatic N) is 2. The zero-order valence-electron chi connectivity index (χ0n) is 16.0. The third-order valence-electron chi connectivity index (χ3n) is 3.80. The van der Waals surface area contributed by atoms with Crippen molar-refractivity contribution in [3.8, 4) is 5.75 Å². The van der Waals surface area contributed by atoms with Crippen molar-refractivity contribution in [1.82, 2.24) is 10.2 Å². The average molecular weight is 452 g/mol. The lowest BCUT2D eigenvalue weighted by molar-refractivity contribution is -0.113. The molecule has 0 bridgehead atoms. The number of benzene rings is 2. The van der Waals surface area contributed by atoms with Gasteiger partial charge in [-0.05, 0) is 62.2 Å². The molecule has 1 heterocycles. The molecule has 152 valence electrons. The highest BCUT2D eigenvalue weighted by molar-refractivity contribution is 7.99. The number of hydrogen-bond donors (Lipinski definition) is 1. The van der Waals surface area contributed by atoms with Crippen molar-refractivity contribution < 1.29 is 13.9 Å². The van der Waals surface area contributed by atoms with E-state index in [4.69, 9.17) is 32.4 Å². The number of carbonyl (C=O) groups is 1. The van der Waals surface area contributed by atoms with Crippen LogP contribution in [0, 0.1) is 13.8 Å². The van der Waals surface area contributed by atoms with E-state index in [-0.39, 0.29) is 22.8 Å². The fourth-order valence-corrected chi connectivity index (χ4v) is 3.65. The molecular formula is C20H19Cl2N3O3S. The Morgan fingerprint density at radius 2 is 1.90 bits per heavy atom. The van der Waals surface area contributed by atoms with E-state index < -0.39 is 6.10 Å². The molecule has 0 radical (unpaired) electrons. The first-order valence-electron chi connectivity index (χ1n) is 8.76. The number of anilines is 1. The number of halogens is 2. The third-order valence-corrected chi connectivity index (χ3v) is 5.15. The quantitative estimate of drug-likeness (QED) is 0.452. The Kier molecular flexibility index (Phi) is 7.05. The van der Waals surface area contributed by atoms with Crippen molar-refractivity contribution in [3.05, 3.63) is 63.5 Å². The van der Waals surface area contributed by atoms with Crippen LogP contribution >= 0.6 is 35.0 Å². The first-order chi connectivity index (χ1) is 13.8. The van der Waals surface area contributed by atoms with Crippen LogP contribution < -0.4 is 10.1 Å². The first kappa shape index (κ1) is 21.5. The second-order valence-corrected chi connectivity index (χ2v) is 8.22. The van der Waals surface area contributed by atoms with E-state index in [0.29, 0.717) is 15.8 Å². The van der Waals surface area contributed by atoms with Gasteiger partial charge in [-0.3, -0.25) is 4.79 Å². The summed E-state index contributed by atoms with van der Waals surface area (Å²) in [4.78, 5) is 12.2. The van der Waals surface area contributed by atoms with Crippen LogP contribution in [0.4, 0.5) is 5.69 Å². The molecule has 1 N–H and O–H groups in total. The summed E-state index contributed by atoms with van der Waals surface area (Å²) in [6.45, 7) is 5.73. The van der Waals surface area contributed by atoms with Gasteiger partial charge in [0.25, 0.3) is 11.1 Å². The number of hydrogen-bond acceptors (Lipinski definition) is 6. The molecule has 3 rings (SSSR count). The smallest absolute Gasteiger partial charge is 0.277 e. The fraction of sp³-hybridized carbons (Fsp3) is 0.250. The van der Waals surface area contributed by atoms with E-state index in [1.807, 2.05) is 32.0 Å². The highest BCUT2D eigenvalue weighted by Gasteiger charge is 2.18. The molecule has 0 aliphatic heterocycles. The number of aryl methyl sites for hydroxylation is 2. The Balaban J connectivity index is 1.54. The van der Waals surface area contributed by atoms with Crippen molar-refractivity contribution in [1.29, 1.82) is 0 Å². The maximum atomic E-state index is 12.2. The van der Waals surface area contributed by atoms with Gasteiger partial charge in [0.1, 0.15) is 5.75 Å². The van der Waals surface area contributed by atoms with Crippen molar-refractivity contribution >= 4 is 46.6 Å². The summed E-state index contributed by atoms with van der Waals surface area (Å²) in [6.07, 6.45) is -0.514. The lowest BCUT2D eigenvalue weighted by Crippen LogP contribution is -2.14. The van der Waals surface area contributed by atoms with E-state index in [1.165, 1.54) is 0 Å². The number of thioether (sulfide) groups is 1. The largest absolute Gasteiger partial charge is 0.479 e. The molecule has 6 nitrogen and oxygen atoms in total. The number of carbonyl (C=O) groups excluding carboxylic acids is 1. The number of aromatic nitrogens is 2. The van der Waals surface area contributed by atoms with E-state index in [2.05, 4.69) is 15.5 Å². The van der Waals surface area contributed by atoms with Gasteiger partial charge in [0, 0.05) is 10.7 Å². The molecule has 0 unspecified atom stereocenters. The summed E-state index contributed by atoms with van der Waals surface area (Å²) in [5.74, 6) is 0.737. The highest BCUT2D eigenvalue weighted by Crippen LogP contribution is 2.31. The number of nitrogens with one attached hydrogen (secondary N) is 1. The van der Waals surface area contributed by atoms with Gasteiger partial charge >= 0.3 is 0 Å². The molecule has 0 aliphatic carbocycles. The van der Waals surface area contributed by atoms with Gasteiger partial charge in [-0.15, -0.1) is 10.2 Å². The number of ether oxygens (including phenoxy) is 1. The van der Waals surface area contributed by atoms with Crippen LogP contribution in [0.1, 0.15) is 30.0 Å². The Hall–Kier alpha value is -2.22. The van der Waals surface area contributed by atoms with Crippen LogP contribution in [0.3, 0.4) is 0 Å². The minimum atomic E-state index is -0.514. The molecule has 29 heavy (non-hydrogen) atoms. The summed E-state index contributed by atoms with van der Waals surface area (Å²) in [7, 11) is 0. The van der Waals surface area contributed by atoms with Gasteiger partial charge in [0.2, 0.25) is 5.91 Å². The summed E-state index contributed by atoms with van der Waals surface area (Å²) in [6, 6.07) is 10.8. The molecule has 1 aromatic heterocycles. The Bertz CT molecular complexity index is 1010. The van der Waals surface area contributed by atoms with Gasteiger partial charge in [-0.25, -0.2) is 0 Å². The monoisotopic (exact) mass is 451 g/mol. The van der Waals surface area contributed by atoms with Crippen molar-refractivity contribution in [3.63, 3.8) is 0 Å². The molecule has 0 spiro atoms. The standard InChI is InChI=1S/C20H19Cl2N3O3S/c1-11-6-12(2)8-15(7-11)23-18(26)10-29-20-25-24-19(28-20)13(3)27-17-5-4-14(21)9-16(17)22/h4-9,13H,10H2,1-3H3,(H,23,26)/t13-/m0/s1. The number of amides is 1. The molecule has 0 aliphatic rings. The highest BCUT2D eigenvalue weighted by atomic mass is 35.5. The summed E-state index contributed by atoms with van der Waals surface area (Å²) < 4.78 is 11.3. The van der Waals surface area contributed by atoms with Crippen LogP contribution in [0.15, 0.2) is 46.0 Å². The topological polar surface area (TPSA) is 77.2 Å². The minimum Gasteiger partial charge on any atom is -0.479 e. The Morgan fingerprint density at radius 1 is 1.17 bits per heavy atom. The van der Waals surface area contributed by atoms with Crippen LogP contribution in [0.5, 0.6) is 5.75 Å². The van der Waals surface area contributed by atoms with Crippen LogP contribution in [-0.4, -0.2) is 21.9 Å². The predicted molar refractivity (Wildman–Crippen MR) is 115 cm³/mol. The molecule has 9 heteroatoms. The molecule has 3 aromatic rings. The van der Waals surface area contributed by atoms with E-state index >= 15 is 0 Å². The third kappa shape index (κ3) is 6.13. The second-order valence-electron chi connectivity index (χ2n) is 6.45. The maximum absolute atomic E-state index is 12.2. The van der Waals surface area contributed by atoms with E-state index in [1.54, 1.807) is 25.1 Å². The molecule has 0 saturated carbocycles. The van der Waals surface area contributed by atoms with Gasteiger partial charge in [0.05, 0.1) is 10.8 Å². The summed E-state index contributed by atoms with van der Waals surface area (Å²) >= 11 is 13.2. The van der Waals surface area contributed by atoms with Gasteiger partial charge in [0.15, 0.2) is 6.10 Å². The van der Waals surface area contributed by atoms with E-state index in [0.717, 1.165) is 28.6 Å². The van der Waals surface area contributed by atoms with Gasteiger partial charge in [-0.2, -0.15) is 0 Å². The van der Waals surface area contributed by atoms with Gasteiger partial charge < -0.3 is 14.5 Å². The molecule has 0 saturated heterocycles. The SMILES string of the molecule is Cc1cc(C)cc(NC(=O)CSc2nnc([C@H](C)Oc3ccc(Cl)cc3Cl)o2)c1. The summed E-state index contributed by atoms with van der Waals surface area (Å²) in [5, 5.41) is 12.0. The summed E-state index contributed by atoms with van der Waals surface area (Å²) in [5.41, 5.74) is 2.94. The zero-order chi connectivity index (χ0) is 21.0. The molecule has 1 amide bonds. The van der Waals surface area contributed by atoms with Crippen molar-refractivity contribution in [2.24, 2.45) is 0 Å². The van der Waals surface area contributed by atoms with Crippen LogP contribution in [-0.2, 0) is 4.79 Å². The average Bonchev–Trinajstić information content (AvgIpc) is 3.10. The van der Waals surface area contributed by atoms with Crippen molar-refractivity contribution in [2.45, 2.75) is 32.1 Å². The Labute approximate surface area is 182 Å². The lowest BCUT2D eigenvalue weighted by atomic mass is 10.1. The second kappa shape index (κ2) is 9.52. The number of rotatable bonds is 7. The van der Waals surface area contributed by atoms with Crippen LogP contribution in [0.25, 0.3) is 0 Å². The zero-order valence-corrected chi connectivity index (χ0v) is 18.4. The molecule has 2 aromatic carbocycles. The Morgan fingerprint density at radius 3 is 2.59 bits per heavy atom.